The molecule has 0 aliphatic heterocycles. The van der Waals surface area contributed by atoms with Crippen LogP contribution in [-0.2, 0) is 14.3 Å². The lowest BCUT2D eigenvalue weighted by Gasteiger charge is -2.60. The summed E-state index contributed by atoms with van der Waals surface area (Å²) in [5, 5.41) is 2.01. The monoisotopic (exact) mass is 554 g/mol. The first-order valence-electron chi connectivity index (χ1n) is 15.6. The maximum absolute atomic E-state index is 14.3. The van der Waals surface area contributed by atoms with E-state index in [0.29, 0.717) is 24.0 Å². The Kier molecular flexibility index (Phi) is 5.16. The van der Waals surface area contributed by atoms with Crippen LogP contribution in [0.5, 0.6) is 5.75 Å². The van der Waals surface area contributed by atoms with Gasteiger partial charge in [-0.25, -0.2) is 0 Å². The molecule has 4 fully saturated rings. The highest BCUT2D eigenvalue weighted by molar-refractivity contribution is 5.91. The molecule has 0 spiro atoms. The zero-order valence-corrected chi connectivity index (χ0v) is 23.6. The zero-order valence-electron chi connectivity index (χ0n) is 23.6. The maximum atomic E-state index is 14.3. The van der Waals surface area contributed by atoms with E-state index in [-0.39, 0.29) is 29.7 Å². The molecule has 4 aromatic rings. The van der Waals surface area contributed by atoms with Gasteiger partial charge >= 0.3 is 11.9 Å². The molecule has 0 aromatic heterocycles. The number of carbonyl (C=O) groups is 2. The van der Waals surface area contributed by atoms with Crippen molar-refractivity contribution in [1.82, 2.24) is 0 Å². The highest BCUT2D eigenvalue weighted by Gasteiger charge is 2.63. The van der Waals surface area contributed by atoms with E-state index in [1.54, 1.807) is 0 Å². The third-order valence-electron chi connectivity index (χ3n) is 11.3. The molecule has 0 N–H and O–H groups in total. The van der Waals surface area contributed by atoms with E-state index in [1.165, 1.54) is 22.3 Å². The minimum Gasteiger partial charge on any atom is -0.459 e. The molecule has 0 amide bonds. The molecule has 7 aliphatic rings. The topological polar surface area (TPSA) is 52.6 Å². The van der Waals surface area contributed by atoms with E-state index in [1.807, 2.05) is 42.5 Å². The lowest BCUT2D eigenvalue weighted by atomic mass is 9.48. The molecular formula is C38H34O4. The van der Waals surface area contributed by atoms with Crippen LogP contribution < -0.4 is 4.74 Å². The summed E-state index contributed by atoms with van der Waals surface area (Å²) in [4.78, 5) is 28.3. The molecule has 4 saturated carbocycles. The van der Waals surface area contributed by atoms with E-state index in [2.05, 4.69) is 48.5 Å². The first-order chi connectivity index (χ1) is 20.5. The normalized spacial score (nSPS) is 33.2. The van der Waals surface area contributed by atoms with Crippen molar-refractivity contribution >= 4 is 22.7 Å². The van der Waals surface area contributed by atoms with Gasteiger partial charge in [0.15, 0.2) is 0 Å². The number of ether oxygens (including phenoxy) is 2. The van der Waals surface area contributed by atoms with Gasteiger partial charge in [-0.3, -0.25) is 9.59 Å². The Morgan fingerprint density at radius 1 is 0.667 bits per heavy atom. The van der Waals surface area contributed by atoms with E-state index in [4.69, 9.17) is 9.47 Å². The van der Waals surface area contributed by atoms with Gasteiger partial charge in [0.2, 0.25) is 0 Å². The third-order valence-corrected chi connectivity index (χ3v) is 11.3. The van der Waals surface area contributed by atoms with Gasteiger partial charge in [-0.2, -0.15) is 0 Å². The molecule has 3 unspecified atom stereocenters. The van der Waals surface area contributed by atoms with Gasteiger partial charge in [-0.15, -0.1) is 0 Å². The Morgan fingerprint density at radius 3 is 2.00 bits per heavy atom. The quantitative estimate of drug-likeness (QED) is 0.190. The molecule has 4 aromatic carbocycles. The fourth-order valence-corrected chi connectivity index (χ4v) is 10.2. The summed E-state index contributed by atoms with van der Waals surface area (Å²) in [7, 11) is 0. The smallest absolute Gasteiger partial charge is 0.317 e. The van der Waals surface area contributed by atoms with E-state index < -0.39 is 11.0 Å². The van der Waals surface area contributed by atoms with Gasteiger partial charge in [-0.05, 0) is 84.1 Å². The molecule has 6 bridgehead atoms. The summed E-state index contributed by atoms with van der Waals surface area (Å²) < 4.78 is 12.9. The van der Waals surface area contributed by atoms with Gasteiger partial charge in [0.25, 0.3) is 0 Å². The van der Waals surface area contributed by atoms with Gasteiger partial charge in [0, 0.05) is 23.6 Å². The summed E-state index contributed by atoms with van der Waals surface area (Å²) in [6, 6.07) is 31.2. The highest BCUT2D eigenvalue weighted by Crippen LogP contribution is 2.64. The number of fused-ring (bicyclic) bond motifs is 2. The number of rotatable bonds is 4. The Balaban J connectivity index is 1.02. The maximum Gasteiger partial charge on any atom is 0.317 e. The molecule has 0 heterocycles. The molecule has 11 rings (SSSR count). The van der Waals surface area contributed by atoms with Gasteiger partial charge in [0.1, 0.15) is 11.4 Å². The van der Waals surface area contributed by atoms with Crippen LogP contribution in [0.15, 0.2) is 91.0 Å². The molecule has 0 saturated heterocycles. The Hall–Kier alpha value is -3.92. The minimum absolute atomic E-state index is 0.0223. The van der Waals surface area contributed by atoms with Crippen molar-refractivity contribution in [1.29, 1.82) is 0 Å². The van der Waals surface area contributed by atoms with E-state index in [9.17, 15) is 9.59 Å². The lowest BCUT2D eigenvalue weighted by molar-refractivity contribution is -0.212. The van der Waals surface area contributed by atoms with Crippen LogP contribution in [-0.4, -0.2) is 17.5 Å². The van der Waals surface area contributed by atoms with Crippen molar-refractivity contribution in [3.63, 3.8) is 0 Å². The molecular weight excluding hydrogens is 520 g/mol. The zero-order chi connectivity index (χ0) is 28.1. The molecule has 210 valence electrons. The summed E-state index contributed by atoms with van der Waals surface area (Å²) in [6.07, 6.45) is 5.89. The number of hydrogen-bond acceptors (Lipinski definition) is 4. The SMILES string of the molecule is O=C(OC12CC3CC(C1)CC(C(=O)Oc1cccc4ccccc14)(C3)C2)C1CC2c3ccccc3C1c1ccccc12. The van der Waals surface area contributed by atoms with E-state index in [0.717, 1.165) is 49.3 Å². The summed E-state index contributed by atoms with van der Waals surface area (Å²) in [5.41, 5.74) is 4.09. The molecule has 7 aliphatic carbocycles. The van der Waals surface area contributed by atoms with Crippen LogP contribution in [0.4, 0.5) is 0 Å². The van der Waals surface area contributed by atoms with Crippen molar-refractivity contribution in [3.8, 4) is 5.75 Å². The molecule has 4 nitrogen and oxygen atoms in total. The fraction of sp³-hybridized carbons (Fsp3) is 0.368. The first-order valence-corrected chi connectivity index (χ1v) is 15.6. The second kappa shape index (κ2) is 8.80. The van der Waals surface area contributed by atoms with Gasteiger partial charge in [0.05, 0.1) is 11.3 Å². The van der Waals surface area contributed by atoms with Crippen LogP contribution in [0, 0.1) is 23.2 Å². The predicted molar refractivity (Wildman–Crippen MR) is 160 cm³/mol. The second-order valence-electron chi connectivity index (χ2n) is 13.8. The Morgan fingerprint density at radius 2 is 1.29 bits per heavy atom. The second-order valence-corrected chi connectivity index (χ2v) is 13.8. The van der Waals surface area contributed by atoms with Crippen molar-refractivity contribution in [2.45, 2.75) is 62.4 Å². The molecule has 4 heteroatoms. The van der Waals surface area contributed by atoms with Crippen molar-refractivity contribution in [3.05, 3.63) is 113 Å². The Bertz CT molecular complexity index is 1700. The minimum atomic E-state index is -0.591. The van der Waals surface area contributed by atoms with E-state index >= 15 is 0 Å². The summed E-state index contributed by atoms with van der Waals surface area (Å²) in [6.45, 7) is 0. The number of carbonyl (C=O) groups excluding carboxylic acids is 2. The fourth-order valence-electron chi connectivity index (χ4n) is 10.2. The van der Waals surface area contributed by atoms with Gasteiger partial charge in [-0.1, -0.05) is 84.9 Å². The van der Waals surface area contributed by atoms with Crippen molar-refractivity contribution in [2.24, 2.45) is 23.2 Å². The highest BCUT2D eigenvalue weighted by atomic mass is 16.6. The number of benzene rings is 4. The number of hydrogen-bond donors (Lipinski definition) is 0. The third kappa shape index (κ3) is 3.53. The largest absolute Gasteiger partial charge is 0.459 e. The van der Waals surface area contributed by atoms with Crippen LogP contribution >= 0.6 is 0 Å². The first kappa shape index (κ1) is 24.7. The predicted octanol–water partition coefficient (Wildman–Crippen LogP) is 7.92. The standard InChI is InChI=1S/C38H34O4/c39-35(32-17-31-27-11-3-5-13-29(27)34(32)30-14-6-4-12-28(30)31)42-38-20-23-16-24(21-38)19-37(18-23,22-38)36(40)41-33-15-7-9-25-8-1-2-10-26(25)33/h1-15,23-24,31-32,34H,16-22H2. The van der Waals surface area contributed by atoms with Crippen LogP contribution in [0.2, 0.25) is 0 Å². The van der Waals surface area contributed by atoms with Crippen LogP contribution in [0.1, 0.15) is 79.0 Å². The average Bonchev–Trinajstić information content (AvgIpc) is 3.00. The van der Waals surface area contributed by atoms with Crippen LogP contribution in [0.25, 0.3) is 10.8 Å². The van der Waals surface area contributed by atoms with Crippen molar-refractivity contribution in [2.75, 3.05) is 0 Å². The summed E-state index contributed by atoms with van der Waals surface area (Å²) >= 11 is 0. The van der Waals surface area contributed by atoms with Crippen molar-refractivity contribution < 1.29 is 19.1 Å². The number of esters is 2. The molecule has 3 atom stereocenters. The summed E-state index contributed by atoms with van der Waals surface area (Å²) in [5.74, 6) is 1.22. The molecule has 0 radical (unpaired) electrons. The lowest BCUT2D eigenvalue weighted by Crippen LogP contribution is -2.60. The Labute approximate surface area is 246 Å². The molecule has 42 heavy (non-hydrogen) atoms. The van der Waals surface area contributed by atoms with Gasteiger partial charge < -0.3 is 9.47 Å². The average molecular weight is 555 g/mol. The van der Waals surface area contributed by atoms with Crippen LogP contribution in [0.3, 0.4) is 0 Å².